The van der Waals surface area contributed by atoms with Crippen molar-refractivity contribution in [3.05, 3.63) is 74.7 Å². The molecule has 3 aromatic rings. The third-order valence-electron chi connectivity index (χ3n) is 5.71. The molecular formula is C24H27Cl2N3O2S2. The Morgan fingerprint density at radius 1 is 0.970 bits per heavy atom. The number of piperazine rings is 1. The maximum Gasteiger partial charge on any atom is 0.243 e. The minimum absolute atomic E-state index is 0.0144. The van der Waals surface area contributed by atoms with Crippen molar-refractivity contribution < 1.29 is 8.42 Å². The lowest BCUT2D eigenvalue weighted by atomic mass is 9.87. The number of rotatable bonds is 5. The van der Waals surface area contributed by atoms with Crippen LogP contribution in [0.3, 0.4) is 0 Å². The second kappa shape index (κ2) is 9.55. The molecule has 9 heteroatoms. The summed E-state index contributed by atoms with van der Waals surface area (Å²) in [4.78, 5) is 7.25. The quantitative estimate of drug-likeness (QED) is 0.420. The van der Waals surface area contributed by atoms with Crippen molar-refractivity contribution in [3.8, 4) is 0 Å². The average Bonchev–Trinajstić information content (AvgIpc) is 3.21. The van der Waals surface area contributed by atoms with Crippen LogP contribution in [0.5, 0.6) is 0 Å². The smallest absolute Gasteiger partial charge is 0.243 e. The molecule has 0 bridgehead atoms. The van der Waals surface area contributed by atoms with Gasteiger partial charge < -0.3 is 4.90 Å². The molecule has 5 nitrogen and oxygen atoms in total. The normalized spacial score (nSPS) is 15.7. The minimum atomic E-state index is -3.51. The number of hydrogen-bond acceptors (Lipinski definition) is 5. The van der Waals surface area contributed by atoms with Crippen molar-refractivity contribution in [1.29, 1.82) is 0 Å². The fourth-order valence-electron chi connectivity index (χ4n) is 3.84. The Hall–Kier alpha value is -1.64. The summed E-state index contributed by atoms with van der Waals surface area (Å²) in [5.74, 6) is 0. The van der Waals surface area contributed by atoms with Crippen molar-refractivity contribution in [2.45, 2.75) is 37.5 Å². The molecule has 0 radical (unpaired) electrons. The molecule has 176 valence electrons. The van der Waals surface area contributed by atoms with Gasteiger partial charge in [-0.2, -0.15) is 4.31 Å². The van der Waals surface area contributed by atoms with Gasteiger partial charge in [0.15, 0.2) is 5.13 Å². The number of nitrogens with zero attached hydrogens (tertiary/aromatic N) is 3. The molecule has 2 heterocycles. The Labute approximate surface area is 210 Å². The maximum absolute atomic E-state index is 13.1. The van der Waals surface area contributed by atoms with Crippen molar-refractivity contribution in [1.82, 2.24) is 9.29 Å². The fraction of sp³-hybridized carbons (Fsp3) is 0.375. The second-order valence-electron chi connectivity index (χ2n) is 9.24. The molecule has 1 aliphatic heterocycles. The molecule has 1 aliphatic rings. The van der Waals surface area contributed by atoms with Gasteiger partial charge in [0, 0.05) is 48.0 Å². The number of thiazole rings is 1. The summed E-state index contributed by atoms with van der Waals surface area (Å²) < 4.78 is 27.8. The summed E-state index contributed by atoms with van der Waals surface area (Å²) in [7, 11) is -3.51. The van der Waals surface area contributed by atoms with Crippen LogP contribution in [0, 0.1) is 0 Å². The van der Waals surface area contributed by atoms with Gasteiger partial charge in [0.2, 0.25) is 10.0 Å². The Balaban J connectivity index is 1.39. The highest BCUT2D eigenvalue weighted by atomic mass is 35.5. The van der Waals surface area contributed by atoms with Gasteiger partial charge in [-0.25, -0.2) is 13.4 Å². The van der Waals surface area contributed by atoms with Gasteiger partial charge in [0.1, 0.15) is 0 Å². The average molecular weight is 525 g/mol. The predicted octanol–water partition coefficient (Wildman–Crippen LogP) is 5.85. The van der Waals surface area contributed by atoms with Crippen LogP contribution < -0.4 is 4.90 Å². The molecule has 0 spiro atoms. The van der Waals surface area contributed by atoms with E-state index in [9.17, 15) is 8.42 Å². The van der Waals surface area contributed by atoms with E-state index in [4.69, 9.17) is 28.2 Å². The first-order valence-corrected chi connectivity index (χ1v) is 13.8. The topological polar surface area (TPSA) is 53.5 Å². The van der Waals surface area contributed by atoms with Crippen LogP contribution in [0.1, 0.15) is 37.6 Å². The summed E-state index contributed by atoms with van der Waals surface area (Å²) >= 11 is 13.8. The number of benzene rings is 2. The molecule has 33 heavy (non-hydrogen) atoms. The SMILES string of the molecule is CC(C)(C)c1ccc(S(=O)(=O)N2CCN(c3nc(Cc4cc(Cl)cc(Cl)c4)cs3)CC2)cc1. The van der Waals surface area contributed by atoms with Crippen LogP contribution in [-0.4, -0.2) is 43.9 Å². The third-order valence-corrected chi connectivity index (χ3v) is 9.01. The van der Waals surface area contributed by atoms with E-state index in [1.54, 1.807) is 33.8 Å². The minimum Gasteiger partial charge on any atom is -0.345 e. The molecule has 0 unspecified atom stereocenters. The molecule has 1 aromatic heterocycles. The molecule has 0 amide bonds. The molecule has 4 rings (SSSR count). The summed E-state index contributed by atoms with van der Waals surface area (Å²) in [6.45, 7) is 8.42. The number of halogens is 2. The van der Waals surface area contributed by atoms with Crippen molar-refractivity contribution in [3.63, 3.8) is 0 Å². The van der Waals surface area contributed by atoms with Crippen LogP contribution in [-0.2, 0) is 21.9 Å². The van der Waals surface area contributed by atoms with Crippen LogP contribution in [0.4, 0.5) is 5.13 Å². The number of hydrogen-bond donors (Lipinski definition) is 0. The van der Waals surface area contributed by atoms with Crippen LogP contribution >= 0.6 is 34.5 Å². The highest BCUT2D eigenvalue weighted by Crippen LogP contribution is 2.28. The van der Waals surface area contributed by atoms with Gasteiger partial charge in [-0.05, 0) is 46.9 Å². The van der Waals surface area contributed by atoms with Crippen LogP contribution in [0.2, 0.25) is 10.0 Å². The number of anilines is 1. The molecule has 0 saturated carbocycles. The lowest BCUT2D eigenvalue weighted by Crippen LogP contribution is -2.48. The number of sulfonamides is 1. The zero-order valence-corrected chi connectivity index (χ0v) is 22.0. The lowest BCUT2D eigenvalue weighted by Gasteiger charge is -2.33. The molecule has 0 aliphatic carbocycles. The van der Waals surface area contributed by atoms with Crippen molar-refractivity contribution >= 4 is 49.7 Å². The van der Waals surface area contributed by atoms with E-state index in [0.717, 1.165) is 22.0 Å². The van der Waals surface area contributed by atoms with E-state index in [-0.39, 0.29) is 5.41 Å². The summed E-state index contributed by atoms with van der Waals surface area (Å²) in [5, 5.41) is 4.16. The molecular weight excluding hydrogens is 497 g/mol. The van der Waals surface area contributed by atoms with E-state index < -0.39 is 10.0 Å². The lowest BCUT2D eigenvalue weighted by molar-refractivity contribution is 0.384. The van der Waals surface area contributed by atoms with E-state index in [2.05, 4.69) is 25.7 Å². The van der Waals surface area contributed by atoms with Gasteiger partial charge in [0.05, 0.1) is 10.6 Å². The van der Waals surface area contributed by atoms with E-state index in [1.807, 2.05) is 29.6 Å². The first kappa shape index (κ1) is 24.5. The Bertz CT molecular complexity index is 1210. The fourth-order valence-corrected chi connectivity index (χ4v) is 6.71. The van der Waals surface area contributed by atoms with Gasteiger partial charge in [-0.3, -0.25) is 0 Å². The van der Waals surface area contributed by atoms with Crippen LogP contribution in [0.15, 0.2) is 52.7 Å². The zero-order chi connectivity index (χ0) is 23.8. The molecule has 1 saturated heterocycles. The van der Waals surface area contributed by atoms with Crippen molar-refractivity contribution in [2.24, 2.45) is 0 Å². The highest BCUT2D eigenvalue weighted by molar-refractivity contribution is 7.89. The first-order valence-electron chi connectivity index (χ1n) is 10.8. The van der Waals surface area contributed by atoms with E-state index in [0.29, 0.717) is 47.5 Å². The maximum atomic E-state index is 13.1. The van der Waals surface area contributed by atoms with Gasteiger partial charge in [0.25, 0.3) is 0 Å². The Morgan fingerprint density at radius 2 is 1.58 bits per heavy atom. The van der Waals surface area contributed by atoms with E-state index >= 15 is 0 Å². The van der Waals surface area contributed by atoms with Gasteiger partial charge in [-0.1, -0.05) is 56.1 Å². The van der Waals surface area contributed by atoms with E-state index in [1.165, 1.54) is 0 Å². The standard InChI is InChI=1S/C24H27Cl2N3O2S2/c1-24(2,3)18-4-6-22(7-5-18)33(30,31)29-10-8-28(9-11-29)23-27-21(16-32-23)14-17-12-19(25)15-20(26)13-17/h4-7,12-13,15-16H,8-11,14H2,1-3H3. The Kier molecular flexibility index (Phi) is 7.08. The number of aromatic nitrogens is 1. The van der Waals surface area contributed by atoms with Gasteiger partial charge in [-0.15, -0.1) is 11.3 Å². The zero-order valence-electron chi connectivity index (χ0n) is 18.9. The van der Waals surface area contributed by atoms with Gasteiger partial charge >= 0.3 is 0 Å². The monoisotopic (exact) mass is 523 g/mol. The van der Waals surface area contributed by atoms with Crippen LogP contribution in [0.25, 0.3) is 0 Å². The molecule has 2 aromatic carbocycles. The first-order chi connectivity index (χ1) is 15.5. The van der Waals surface area contributed by atoms with Crippen molar-refractivity contribution in [2.75, 3.05) is 31.1 Å². The third kappa shape index (κ3) is 5.72. The predicted molar refractivity (Wildman–Crippen MR) is 137 cm³/mol. The summed E-state index contributed by atoms with van der Waals surface area (Å²) in [5.41, 5.74) is 3.06. The Morgan fingerprint density at radius 3 is 2.15 bits per heavy atom. The second-order valence-corrected chi connectivity index (χ2v) is 12.9. The largest absolute Gasteiger partial charge is 0.345 e. The molecule has 0 N–H and O–H groups in total. The molecule has 1 fully saturated rings. The molecule has 0 atom stereocenters. The highest BCUT2D eigenvalue weighted by Gasteiger charge is 2.29. The summed E-state index contributed by atoms with van der Waals surface area (Å²) in [6.07, 6.45) is 0.648. The summed E-state index contributed by atoms with van der Waals surface area (Å²) in [6, 6.07) is 12.8.